The average Bonchev–Trinajstić information content (AvgIpc) is 2.54. The molecule has 1 amide bonds. The number of amides is 1. The van der Waals surface area contributed by atoms with Gasteiger partial charge in [0, 0.05) is 11.8 Å². The van der Waals surface area contributed by atoms with Crippen LogP contribution in [0, 0.1) is 6.92 Å². The molecule has 0 saturated carbocycles. The van der Waals surface area contributed by atoms with E-state index in [1.165, 1.54) is 0 Å². The fourth-order valence-electron chi connectivity index (χ4n) is 1.89. The van der Waals surface area contributed by atoms with Gasteiger partial charge in [-0.2, -0.15) is 0 Å². The lowest BCUT2D eigenvalue weighted by molar-refractivity contribution is -0.121. The Labute approximate surface area is 140 Å². The molecule has 0 aliphatic heterocycles. The number of anilines is 1. The summed E-state index contributed by atoms with van der Waals surface area (Å²) in [6.45, 7) is 1.81. The number of carbonyl (C=O) groups excluding carboxylic acids is 1. The number of rotatable bonds is 5. The van der Waals surface area contributed by atoms with Gasteiger partial charge < -0.3 is 14.8 Å². The maximum atomic E-state index is 11.9. The predicted octanol–water partition coefficient (Wildman–Crippen LogP) is 2.90. The Morgan fingerprint density at radius 2 is 1.96 bits per heavy atom. The number of carbonyl (C=O) groups is 1. The van der Waals surface area contributed by atoms with Crippen molar-refractivity contribution in [2.45, 2.75) is 6.92 Å². The number of hydrogen-bond acceptors (Lipinski definition) is 4. The molecule has 2 aromatic carbocycles. The van der Waals surface area contributed by atoms with Gasteiger partial charge in [-0.25, -0.2) is 0 Å². The van der Waals surface area contributed by atoms with Gasteiger partial charge in [0.15, 0.2) is 11.7 Å². The van der Waals surface area contributed by atoms with Crippen LogP contribution in [0.15, 0.2) is 48.5 Å². The Balaban J connectivity index is 1.82. The first kappa shape index (κ1) is 16.8. The third-order valence-electron chi connectivity index (χ3n) is 3.03. The zero-order valence-electron chi connectivity index (χ0n) is 13.0. The second-order valence-electron chi connectivity index (χ2n) is 4.79. The molecule has 0 fully saturated rings. The van der Waals surface area contributed by atoms with E-state index in [4.69, 9.17) is 21.7 Å². The van der Waals surface area contributed by atoms with E-state index in [2.05, 4.69) is 10.6 Å². The van der Waals surface area contributed by atoms with Crippen molar-refractivity contribution in [1.82, 2.24) is 5.32 Å². The number of hydrogen-bond donors (Lipinski definition) is 2. The summed E-state index contributed by atoms with van der Waals surface area (Å²) in [5.41, 5.74) is 1.70. The molecule has 0 spiro atoms. The number of thiocarbonyl (C=S) groups is 1. The SMILES string of the molecule is COc1cccc(NC(=S)NC(=O)COc2ccccc2C)c1. The summed E-state index contributed by atoms with van der Waals surface area (Å²) in [5.74, 6) is 1.05. The minimum Gasteiger partial charge on any atom is -0.497 e. The lowest BCUT2D eigenvalue weighted by Crippen LogP contribution is -2.37. The highest BCUT2D eigenvalue weighted by atomic mass is 32.1. The largest absolute Gasteiger partial charge is 0.497 e. The van der Waals surface area contributed by atoms with Crippen molar-refractivity contribution in [1.29, 1.82) is 0 Å². The highest BCUT2D eigenvalue weighted by Crippen LogP contribution is 2.17. The van der Waals surface area contributed by atoms with E-state index in [0.717, 1.165) is 11.3 Å². The monoisotopic (exact) mass is 330 g/mol. The number of nitrogens with one attached hydrogen (secondary N) is 2. The van der Waals surface area contributed by atoms with Crippen LogP contribution in [-0.4, -0.2) is 24.7 Å². The Morgan fingerprint density at radius 1 is 1.17 bits per heavy atom. The van der Waals surface area contributed by atoms with E-state index < -0.39 is 0 Å². The fraction of sp³-hybridized carbons (Fsp3) is 0.176. The van der Waals surface area contributed by atoms with Crippen molar-refractivity contribution in [3.63, 3.8) is 0 Å². The number of methoxy groups -OCH3 is 1. The van der Waals surface area contributed by atoms with Gasteiger partial charge in [-0.05, 0) is 42.9 Å². The van der Waals surface area contributed by atoms with Gasteiger partial charge in [0.2, 0.25) is 0 Å². The van der Waals surface area contributed by atoms with Gasteiger partial charge in [0.05, 0.1) is 7.11 Å². The van der Waals surface area contributed by atoms with Crippen molar-refractivity contribution < 1.29 is 14.3 Å². The molecule has 0 heterocycles. The smallest absolute Gasteiger partial charge is 0.264 e. The third-order valence-corrected chi connectivity index (χ3v) is 3.24. The molecule has 0 atom stereocenters. The van der Waals surface area contributed by atoms with Gasteiger partial charge in [-0.1, -0.05) is 24.3 Å². The molecule has 0 radical (unpaired) electrons. The van der Waals surface area contributed by atoms with E-state index in [1.54, 1.807) is 13.2 Å². The Hall–Kier alpha value is -2.60. The first-order valence-electron chi connectivity index (χ1n) is 7.02. The van der Waals surface area contributed by atoms with E-state index in [9.17, 15) is 4.79 Å². The Bertz CT molecular complexity index is 704. The molecule has 23 heavy (non-hydrogen) atoms. The highest BCUT2D eigenvalue weighted by molar-refractivity contribution is 7.80. The first-order valence-corrected chi connectivity index (χ1v) is 7.42. The van der Waals surface area contributed by atoms with E-state index >= 15 is 0 Å². The number of para-hydroxylation sites is 1. The van der Waals surface area contributed by atoms with Crippen LogP contribution in [0.4, 0.5) is 5.69 Å². The summed E-state index contributed by atoms with van der Waals surface area (Å²) < 4.78 is 10.6. The molecule has 0 unspecified atom stereocenters. The number of benzene rings is 2. The molecule has 0 saturated heterocycles. The second kappa shape index (κ2) is 8.14. The molecule has 120 valence electrons. The molecular formula is C17H18N2O3S. The standard InChI is InChI=1S/C17H18N2O3S/c1-12-6-3-4-9-15(12)22-11-16(20)19-17(23)18-13-7-5-8-14(10-13)21-2/h3-10H,11H2,1-2H3,(H2,18,19,20,23). The normalized spacial score (nSPS) is 9.83. The topological polar surface area (TPSA) is 59.6 Å². The Morgan fingerprint density at radius 3 is 2.70 bits per heavy atom. The van der Waals surface area contributed by atoms with Gasteiger partial charge >= 0.3 is 0 Å². The summed E-state index contributed by atoms with van der Waals surface area (Å²) in [6.07, 6.45) is 0. The van der Waals surface area contributed by atoms with Crippen LogP contribution < -0.4 is 20.1 Å². The van der Waals surface area contributed by atoms with Crippen molar-refractivity contribution in [2.24, 2.45) is 0 Å². The summed E-state index contributed by atoms with van der Waals surface area (Å²) >= 11 is 5.11. The molecule has 0 aromatic heterocycles. The van der Waals surface area contributed by atoms with Crippen molar-refractivity contribution >= 4 is 28.9 Å². The molecule has 6 heteroatoms. The molecule has 2 rings (SSSR count). The summed E-state index contributed by atoms with van der Waals surface area (Å²) in [5, 5.41) is 5.70. The summed E-state index contributed by atoms with van der Waals surface area (Å²) in [6, 6.07) is 14.8. The Kier molecular flexibility index (Phi) is 5.94. The first-order chi connectivity index (χ1) is 11.1. The van der Waals surface area contributed by atoms with E-state index in [1.807, 2.05) is 49.4 Å². The number of aryl methyl sites for hydroxylation is 1. The molecule has 2 aromatic rings. The molecule has 0 aliphatic carbocycles. The van der Waals surface area contributed by atoms with Crippen LogP contribution in [-0.2, 0) is 4.79 Å². The van der Waals surface area contributed by atoms with Crippen molar-refractivity contribution in [2.75, 3.05) is 19.0 Å². The summed E-state index contributed by atoms with van der Waals surface area (Å²) in [4.78, 5) is 11.9. The zero-order chi connectivity index (χ0) is 16.7. The maximum Gasteiger partial charge on any atom is 0.264 e. The predicted molar refractivity (Wildman–Crippen MR) is 94.0 cm³/mol. The minimum atomic E-state index is -0.325. The molecule has 0 bridgehead atoms. The van der Waals surface area contributed by atoms with Crippen LogP contribution >= 0.6 is 12.2 Å². The molecule has 2 N–H and O–H groups in total. The average molecular weight is 330 g/mol. The van der Waals surface area contributed by atoms with Crippen molar-refractivity contribution in [3.05, 3.63) is 54.1 Å². The van der Waals surface area contributed by atoms with Crippen LogP contribution in [0.2, 0.25) is 0 Å². The molecule has 5 nitrogen and oxygen atoms in total. The fourth-order valence-corrected chi connectivity index (χ4v) is 2.12. The highest BCUT2D eigenvalue weighted by Gasteiger charge is 2.07. The lowest BCUT2D eigenvalue weighted by Gasteiger charge is -2.12. The van der Waals surface area contributed by atoms with Gasteiger partial charge in [0.1, 0.15) is 11.5 Å². The van der Waals surface area contributed by atoms with E-state index in [-0.39, 0.29) is 17.6 Å². The van der Waals surface area contributed by atoms with Crippen LogP contribution in [0.25, 0.3) is 0 Å². The molecule has 0 aliphatic rings. The minimum absolute atomic E-state index is 0.106. The molecular weight excluding hydrogens is 312 g/mol. The van der Waals surface area contributed by atoms with E-state index in [0.29, 0.717) is 11.5 Å². The lowest BCUT2D eigenvalue weighted by atomic mass is 10.2. The van der Waals surface area contributed by atoms with Crippen LogP contribution in [0.1, 0.15) is 5.56 Å². The van der Waals surface area contributed by atoms with Gasteiger partial charge in [-0.3, -0.25) is 10.1 Å². The van der Waals surface area contributed by atoms with Crippen molar-refractivity contribution in [3.8, 4) is 11.5 Å². The summed E-state index contributed by atoms with van der Waals surface area (Å²) in [7, 11) is 1.59. The second-order valence-corrected chi connectivity index (χ2v) is 5.20. The van der Waals surface area contributed by atoms with Gasteiger partial charge in [-0.15, -0.1) is 0 Å². The maximum absolute atomic E-state index is 11.9. The van der Waals surface area contributed by atoms with Crippen LogP contribution in [0.3, 0.4) is 0 Å². The third kappa shape index (κ3) is 5.27. The number of ether oxygens (including phenoxy) is 2. The van der Waals surface area contributed by atoms with Gasteiger partial charge in [0.25, 0.3) is 5.91 Å². The van der Waals surface area contributed by atoms with Crippen LogP contribution in [0.5, 0.6) is 11.5 Å². The quantitative estimate of drug-likeness (QED) is 0.826. The zero-order valence-corrected chi connectivity index (χ0v) is 13.8.